The quantitative estimate of drug-likeness (QED) is 0.791. The minimum atomic E-state index is 0.319. The van der Waals surface area contributed by atoms with Crippen molar-refractivity contribution in [3.63, 3.8) is 0 Å². The van der Waals surface area contributed by atoms with Crippen LogP contribution in [0.3, 0.4) is 0 Å². The van der Waals surface area contributed by atoms with Crippen LogP contribution in [0.4, 0.5) is 0 Å². The van der Waals surface area contributed by atoms with Crippen LogP contribution in [0.15, 0.2) is 12.3 Å². The van der Waals surface area contributed by atoms with Crippen LogP contribution in [0, 0.1) is 5.92 Å². The number of nitrogens with zero attached hydrogens (tertiary/aromatic N) is 3. The third kappa shape index (κ3) is 1.72. The molecule has 0 spiro atoms. The molecule has 0 saturated carbocycles. The summed E-state index contributed by atoms with van der Waals surface area (Å²) >= 11 is 5.89. The lowest BCUT2D eigenvalue weighted by molar-refractivity contribution is 0.325. The molecule has 1 N–H and O–H groups in total. The molecule has 5 heteroatoms. The number of aromatic nitrogens is 3. The van der Waals surface area contributed by atoms with Gasteiger partial charge < -0.3 is 9.88 Å². The second kappa shape index (κ2) is 3.96. The molecule has 0 aromatic carbocycles. The highest BCUT2D eigenvalue weighted by molar-refractivity contribution is 6.28. The first-order valence-corrected chi connectivity index (χ1v) is 6.27. The van der Waals surface area contributed by atoms with E-state index < -0.39 is 0 Å². The van der Waals surface area contributed by atoms with Gasteiger partial charge in [-0.05, 0) is 23.6 Å². The Balaban J connectivity index is 2.25. The molecule has 1 aliphatic heterocycles. The average molecular weight is 251 g/mol. The molecular formula is C12H15ClN4. The molecule has 0 radical (unpaired) electrons. The summed E-state index contributed by atoms with van der Waals surface area (Å²) in [6.07, 6.45) is 1.80. The number of hydrogen-bond acceptors (Lipinski definition) is 3. The first-order valence-electron chi connectivity index (χ1n) is 5.90. The van der Waals surface area contributed by atoms with Crippen LogP contribution in [0.25, 0.3) is 11.0 Å². The lowest BCUT2D eigenvalue weighted by atomic mass is 10.0. The highest BCUT2D eigenvalue weighted by Gasteiger charge is 2.25. The highest BCUT2D eigenvalue weighted by Crippen LogP contribution is 2.29. The van der Waals surface area contributed by atoms with E-state index in [-0.39, 0.29) is 0 Å². The smallest absolute Gasteiger partial charge is 0.224 e. The first kappa shape index (κ1) is 11.0. The van der Waals surface area contributed by atoms with Gasteiger partial charge in [-0.3, -0.25) is 0 Å². The molecule has 90 valence electrons. The Morgan fingerprint density at radius 3 is 3.12 bits per heavy atom. The Morgan fingerprint density at radius 1 is 1.53 bits per heavy atom. The van der Waals surface area contributed by atoms with Gasteiger partial charge in [0.1, 0.15) is 5.65 Å². The molecule has 1 aliphatic rings. The predicted molar refractivity (Wildman–Crippen MR) is 68.1 cm³/mol. The number of nitrogens with one attached hydrogen (secondary N) is 1. The van der Waals surface area contributed by atoms with Crippen molar-refractivity contribution in [1.82, 2.24) is 19.9 Å². The van der Waals surface area contributed by atoms with Gasteiger partial charge in [0, 0.05) is 30.4 Å². The van der Waals surface area contributed by atoms with E-state index in [0.29, 0.717) is 17.2 Å². The molecule has 2 aromatic heterocycles. The molecule has 0 amide bonds. The fraction of sp³-hybridized carbons (Fsp3) is 0.500. The highest BCUT2D eigenvalue weighted by atomic mass is 35.5. The van der Waals surface area contributed by atoms with Gasteiger partial charge in [0.2, 0.25) is 5.28 Å². The monoisotopic (exact) mass is 250 g/mol. The van der Waals surface area contributed by atoms with Gasteiger partial charge in [0.15, 0.2) is 0 Å². The zero-order valence-corrected chi connectivity index (χ0v) is 10.7. The summed E-state index contributed by atoms with van der Waals surface area (Å²) in [5, 5.41) is 4.83. The lowest BCUT2D eigenvalue weighted by Crippen LogP contribution is -2.35. The first-order chi connectivity index (χ1) is 8.16. The van der Waals surface area contributed by atoms with Crippen molar-refractivity contribution in [3.8, 4) is 0 Å². The van der Waals surface area contributed by atoms with E-state index in [9.17, 15) is 0 Å². The molecule has 0 unspecified atom stereocenters. The van der Waals surface area contributed by atoms with Gasteiger partial charge in [-0.25, -0.2) is 4.98 Å². The van der Waals surface area contributed by atoms with Crippen LogP contribution in [0.1, 0.15) is 25.6 Å². The summed E-state index contributed by atoms with van der Waals surface area (Å²) in [6, 6.07) is 2.58. The van der Waals surface area contributed by atoms with Crippen molar-refractivity contribution < 1.29 is 0 Å². The maximum absolute atomic E-state index is 5.89. The molecule has 0 fully saturated rings. The van der Waals surface area contributed by atoms with Crippen LogP contribution in [0.5, 0.6) is 0 Å². The Labute approximate surface area is 105 Å². The second-order valence-corrected chi connectivity index (χ2v) is 5.20. The van der Waals surface area contributed by atoms with Crippen LogP contribution in [0.2, 0.25) is 5.28 Å². The maximum atomic E-state index is 5.89. The third-order valence-electron chi connectivity index (χ3n) is 3.39. The van der Waals surface area contributed by atoms with E-state index in [0.717, 1.165) is 24.1 Å². The Kier molecular flexibility index (Phi) is 2.56. The van der Waals surface area contributed by atoms with Crippen LogP contribution in [-0.2, 0) is 6.54 Å². The predicted octanol–water partition coefficient (Wildman–Crippen LogP) is 2.39. The molecule has 0 bridgehead atoms. The van der Waals surface area contributed by atoms with E-state index in [4.69, 9.17) is 11.6 Å². The van der Waals surface area contributed by atoms with Gasteiger partial charge >= 0.3 is 0 Å². The van der Waals surface area contributed by atoms with Crippen molar-refractivity contribution in [2.75, 3.05) is 6.54 Å². The fourth-order valence-corrected chi connectivity index (χ4v) is 2.65. The van der Waals surface area contributed by atoms with Crippen LogP contribution in [-0.4, -0.2) is 21.1 Å². The molecule has 3 heterocycles. The summed E-state index contributed by atoms with van der Waals surface area (Å²) in [6.45, 7) is 6.33. The number of halogens is 1. The summed E-state index contributed by atoms with van der Waals surface area (Å²) in [4.78, 5) is 8.41. The molecular weight excluding hydrogens is 236 g/mol. The van der Waals surface area contributed by atoms with Crippen LogP contribution < -0.4 is 5.32 Å². The van der Waals surface area contributed by atoms with Gasteiger partial charge in [-0.1, -0.05) is 13.8 Å². The van der Waals surface area contributed by atoms with Gasteiger partial charge in [-0.15, -0.1) is 0 Å². The van der Waals surface area contributed by atoms with Crippen molar-refractivity contribution in [2.24, 2.45) is 5.92 Å². The minimum Gasteiger partial charge on any atom is -0.324 e. The van der Waals surface area contributed by atoms with Crippen molar-refractivity contribution in [2.45, 2.75) is 26.4 Å². The Hall–Kier alpha value is -1.13. The van der Waals surface area contributed by atoms with E-state index >= 15 is 0 Å². The molecule has 1 atom stereocenters. The molecule has 4 nitrogen and oxygen atoms in total. The van der Waals surface area contributed by atoms with Gasteiger partial charge in [0.25, 0.3) is 0 Å². The normalized spacial score (nSPS) is 19.9. The molecule has 2 aromatic rings. The summed E-state index contributed by atoms with van der Waals surface area (Å²) in [7, 11) is 0. The second-order valence-electron chi connectivity index (χ2n) is 4.87. The van der Waals surface area contributed by atoms with E-state index in [1.807, 2.05) is 0 Å². The largest absolute Gasteiger partial charge is 0.324 e. The summed E-state index contributed by atoms with van der Waals surface area (Å²) < 4.78 is 2.31. The number of rotatable bonds is 1. The maximum Gasteiger partial charge on any atom is 0.224 e. The van der Waals surface area contributed by atoms with E-state index in [2.05, 4.69) is 39.8 Å². The lowest BCUT2D eigenvalue weighted by Gasteiger charge is -2.30. The van der Waals surface area contributed by atoms with Crippen molar-refractivity contribution in [1.29, 1.82) is 0 Å². The zero-order chi connectivity index (χ0) is 12.0. The SMILES string of the molecule is CC(C)[C@H]1CNCc2cc3cnc(Cl)nc3n21. The molecule has 3 rings (SSSR count). The average Bonchev–Trinajstić information content (AvgIpc) is 2.66. The Bertz CT molecular complexity index is 561. The van der Waals surface area contributed by atoms with Crippen LogP contribution >= 0.6 is 11.6 Å². The summed E-state index contributed by atoms with van der Waals surface area (Å²) in [5.74, 6) is 0.561. The fourth-order valence-electron chi connectivity index (χ4n) is 2.52. The topological polar surface area (TPSA) is 42.7 Å². The summed E-state index contributed by atoms with van der Waals surface area (Å²) in [5.41, 5.74) is 2.22. The van der Waals surface area contributed by atoms with E-state index in [1.54, 1.807) is 6.20 Å². The van der Waals surface area contributed by atoms with Gasteiger partial charge in [-0.2, -0.15) is 4.98 Å². The molecule has 0 aliphatic carbocycles. The molecule has 17 heavy (non-hydrogen) atoms. The zero-order valence-electron chi connectivity index (χ0n) is 9.94. The van der Waals surface area contributed by atoms with Crippen molar-refractivity contribution >= 4 is 22.6 Å². The Morgan fingerprint density at radius 2 is 2.35 bits per heavy atom. The standard InChI is InChI=1S/C12H15ClN4/c1-7(2)10-6-14-5-9-3-8-4-15-12(13)16-11(8)17(9)10/h3-4,7,10,14H,5-6H2,1-2H3/t10-/m1/s1. The molecule has 0 saturated heterocycles. The van der Waals surface area contributed by atoms with Crippen molar-refractivity contribution in [3.05, 3.63) is 23.2 Å². The number of fused-ring (bicyclic) bond motifs is 3. The third-order valence-corrected chi connectivity index (χ3v) is 3.57. The van der Waals surface area contributed by atoms with E-state index in [1.165, 1.54) is 5.69 Å². The number of hydrogen-bond donors (Lipinski definition) is 1. The van der Waals surface area contributed by atoms with Gasteiger partial charge in [0.05, 0.1) is 6.04 Å². The minimum absolute atomic E-state index is 0.319.